The number of aryl methyl sites for hydroxylation is 1. The molecule has 37 heavy (non-hydrogen) atoms. The molecule has 2 aromatic heterocycles. The van der Waals surface area contributed by atoms with E-state index in [1.54, 1.807) is 6.07 Å². The van der Waals surface area contributed by atoms with Crippen molar-refractivity contribution in [1.82, 2.24) is 15.0 Å². The molecule has 8 heteroatoms. The highest BCUT2D eigenvalue weighted by Crippen LogP contribution is 2.36. The topological polar surface area (TPSA) is 112 Å². The van der Waals surface area contributed by atoms with Crippen LogP contribution < -0.4 is 0 Å². The van der Waals surface area contributed by atoms with Crippen LogP contribution in [0.3, 0.4) is 0 Å². The van der Waals surface area contributed by atoms with Crippen LogP contribution in [0.4, 0.5) is 0 Å². The van der Waals surface area contributed by atoms with E-state index < -0.39 is 12.6 Å². The number of benzene rings is 3. The molecule has 7 nitrogen and oxygen atoms in total. The van der Waals surface area contributed by atoms with Gasteiger partial charge in [-0.2, -0.15) is 5.26 Å². The first kappa shape index (κ1) is 24.0. The van der Waals surface area contributed by atoms with Crippen LogP contribution in [0.1, 0.15) is 17.1 Å². The quantitative estimate of drug-likeness (QED) is 0.153. The molecule has 0 bridgehead atoms. The van der Waals surface area contributed by atoms with Gasteiger partial charge in [0.15, 0.2) is 11.6 Å². The van der Waals surface area contributed by atoms with Gasteiger partial charge in [-0.3, -0.25) is 4.79 Å². The second kappa shape index (κ2) is 10.5. The molecule has 182 valence electrons. The molecule has 5 aromatic rings. The normalized spacial score (nSPS) is 11.7. The van der Waals surface area contributed by atoms with Gasteiger partial charge in [-0.15, -0.1) is 11.3 Å². The number of carbonyl (C=O) groups excluding carboxylic acids is 1. The van der Waals surface area contributed by atoms with Gasteiger partial charge in [0.05, 0.1) is 28.0 Å². The third-order valence-electron chi connectivity index (χ3n) is 5.74. The van der Waals surface area contributed by atoms with E-state index in [4.69, 9.17) is 9.72 Å². The summed E-state index contributed by atoms with van der Waals surface area (Å²) in [6.07, 6.45) is -0.0770. The molecule has 0 aliphatic heterocycles. The summed E-state index contributed by atoms with van der Waals surface area (Å²) in [7, 11) is 0. The number of hydrogen-bond acceptors (Lipinski definition) is 7. The van der Waals surface area contributed by atoms with Crippen molar-refractivity contribution >= 4 is 33.9 Å². The summed E-state index contributed by atoms with van der Waals surface area (Å²) in [5.41, 5.74) is 4.98. The molecule has 2 N–H and O–H groups in total. The number of thiazole rings is 1. The zero-order valence-corrected chi connectivity index (χ0v) is 20.7. The lowest BCUT2D eigenvalue weighted by atomic mass is 10.1. The van der Waals surface area contributed by atoms with Gasteiger partial charge >= 0.3 is 5.97 Å². The smallest absolute Gasteiger partial charge is 0.312 e. The van der Waals surface area contributed by atoms with Crippen LogP contribution in [0.25, 0.3) is 37.6 Å². The summed E-state index contributed by atoms with van der Waals surface area (Å²) in [5.74, 6) is -0.727. The lowest BCUT2D eigenvalue weighted by molar-refractivity contribution is -0.142. The highest BCUT2D eigenvalue weighted by molar-refractivity contribution is 7.18. The van der Waals surface area contributed by atoms with E-state index in [1.807, 2.05) is 85.8 Å². The van der Waals surface area contributed by atoms with E-state index in [1.165, 1.54) is 11.3 Å². The van der Waals surface area contributed by atoms with Crippen LogP contribution in [-0.4, -0.2) is 32.6 Å². The van der Waals surface area contributed by atoms with Crippen LogP contribution in [0.15, 0.2) is 84.6 Å². The number of hydrogen-bond donors (Lipinski definition) is 2. The Morgan fingerprint density at radius 3 is 2.46 bits per heavy atom. The zero-order chi connectivity index (χ0) is 25.8. The summed E-state index contributed by atoms with van der Waals surface area (Å²) in [4.78, 5) is 25.8. The van der Waals surface area contributed by atoms with Crippen molar-refractivity contribution in [2.45, 2.75) is 13.3 Å². The number of carbonyl (C=O) groups is 1. The summed E-state index contributed by atoms with van der Waals surface area (Å²) in [6.45, 7) is 1.57. The van der Waals surface area contributed by atoms with Gasteiger partial charge < -0.3 is 14.8 Å². The third-order valence-corrected chi connectivity index (χ3v) is 6.94. The van der Waals surface area contributed by atoms with Gasteiger partial charge in [0.1, 0.15) is 23.3 Å². The first-order valence-corrected chi connectivity index (χ1v) is 12.4. The number of H-pyrrole nitrogens is 1. The predicted octanol–water partition coefficient (Wildman–Crippen LogP) is 6.24. The van der Waals surface area contributed by atoms with Crippen LogP contribution >= 0.6 is 11.3 Å². The minimum atomic E-state index is -0.563. The van der Waals surface area contributed by atoms with Gasteiger partial charge in [-0.25, -0.2) is 9.97 Å². The zero-order valence-electron chi connectivity index (χ0n) is 19.9. The van der Waals surface area contributed by atoms with Gasteiger partial charge in [-0.05, 0) is 24.6 Å². The molecular formula is C29H22N4O3S. The highest BCUT2D eigenvalue weighted by Gasteiger charge is 2.19. The van der Waals surface area contributed by atoms with Crippen molar-refractivity contribution in [2.75, 3.05) is 6.61 Å². The van der Waals surface area contributed by atoms with Gasteiger partial charge in [0.2, 0.25) is 0 Å². The molecular weight excluding hydrogens is 484 g/mol. The van der Waals surface area contributed by atoms with Gasteiger partial charge in [0, 0.05) is 5.56 Å². The molecule has 0 aliphatic rings. The number of aliphatic hydroxyl groups excluding tert-OH is 1. The number of fused-ring (bicyclic) bond motifs is 1. The van der Waals surface area contributed by atoms with Crippen molar-refractivity contribution in [3.05, 3.63) is 102 Å². The lowest BCUT2D eigenvalue weighted by Gasteiger charge is -2.06. The molecule has 0 atom stereocenters. The van der Waals surface area contributed by atoms with Gasteiger partial charge in [-0.1, -0.05) is 72.3 Å². The van der Waals surface area contributed by atoms with E-state index in [0.29, 0.717) is 11.2 Å². The number of nitrogens with zero attached hydrogens (tertiary/aromatic N) is 3. The number of ether oxygens (including phenoxy) is 1. The molecule has 0 unspecified atom stereocenters. The summed E-state index contributed by atoms with van der Waals surface area (Å²) in [6, 6.07) is 27.1. The fourth-order valence-electron chi connectivity index (χ4n) is 3.84. The van der Waals surface area contributed by atoms with Crippen molar-refractivity contribution < 1.29 is 14.6 Å². The number of para-hydroxylation sites is 2. The van der Waals surface area contributed by atoms with Crippen molar-refractivity contribution in [3.63, 3.8) is 0 Å². The Balaban J connectivity index is 1.36. The van der Waals surface area contributed by atoms with Crippen molar-refractivity contribution in [2.24, 2.45) is 0 Å². The number of nitrogens with one attached hydrogen (secondary N) is 1. The fraction of sp³-hybridized carbons (Fsp3) is 0.103. The van der Waals surface area contributed by atoms with Crippen LogP contribution in [-0.2, 0) is 16.0 Å². The van der Waals surface area contributed by atoms with E-state index in [9.17, 15) is 15.2 Å². The number of allylic oxidation sites excluding steroid dienone is 1. The second-order valence-electron chi connectivity index (χ2n) is 8.40. The molecule has 0 saturated carbocycles. The minimum absolute atomic E-state index is 0.0770. The lowest BCUT2D eigenvalue weighted by Crippen LogP contribution is -2.12. The number of rotatable bonds is 7. The predicted molar refractivity (Wildman–Crippen MR) is 144 cm³/mol. The maximum atomic E-state index is 12.8. The molecule has 2 heterocycles. The average Bonchev–Trinajstić information content (AvgIpc) is 3.53. The Labute approximate surface area is 217 Å². The fourth-order valence-corrected chi connectivity index (χ4v) is 4.93. The molecule has 3 aromatic carbocycles. The molecule has 0 aliphatic carbocycles. The Morgan fingerprint density at radius 2 is 1.73 bits per heavy atom. The maximum Gasteiger partial charge on any atom is 0.312 e. The highest BCUT2D eigenvalue weighted by atomic mass is 32.1. The largest absolute Gasteiger partial charge is 0.507 e. The Morgan fingerprint density at radius 1 is 1.00 bits per heavy atom. The summed E-state index contributed by atoms with van der Waals surface area (Å²) >= 11 is 1.51. The first-order valence-electron chi connectivity index (χ1n) is 11.6. The number of esters is 1. The molecule has 0 spiro atoms. The number of aliphatic hydroxyl groups is 1. The Kier molecular flexibility index (Phi) is 6.79. The maximum absolute atomic E-state index is 12.8. The number of aromatic amines is 1. The van der Waals surface area contributed by atoms with Crippen LogP contribution in [0.2, 0.25) is 0 Å². The number of aromatic nitrogens is 3. The number of imidazole rings is 1. The summed E-state index contributed by atoms with van der Waals surface area (Å²) in [5, 5.41) is 20.9. The molecule has 5 rings (SSSR count). The summed E-state index contributed by atoms with van der Waals surface area (Å²) < 4.78 is 5.34. The molecule has 0 saturated heterocycles. The third kappa shape index (κ3) is 5.27. The van der Waals surface area contributed by atoms with Crippen molar-refractivity contribution in [1.29, 1.82) is 5.26 Å². The minimum Gasteiger partial charge on any atom is -0.507 e. The molecule has 0 fully saturated rings. The monoisotopic (exact) mass is 506 g/mol. The Hall–Kier alpha value is -4.74. The van der Waals surface area contributed by atoms with Crippen LogP contribution in [0.5, 0.6) is 0 Å². The SMILES string of the molecule is Cc1ccc(-c2sc(-c3ccccc3)nc2CC(=O)OCC(O)=C(C#N)c2nc3ccccc3[nH]2)cc1. The molecule has 0 amide bonds. The van der Waals surface area contributed by atoms with Gasteiger partial charge in [0.25, 0.3) is 0 Å². The molecule has 0 radical (unpaired) electrons. The Bertz CT molecular complexity index is 1610. The number of nitriles is 1. The van der Waals surface area contributed by atoms with E-state index in [-0.39, 0.29) is 23.6 Å². The van der Waals surface area contributed by atoms with Crippen molar-refractivity contribution in [3.8, 4) is 27.1 Å². The standard InChI is InChI=1S/C29H22N4O3S/c1-18-11-13-19(14-12-18)27-24(33-29(37-27)20-7-3-2-4-8-20)15-26(35)36-17-25(34)21(16-30)28-31-22-9-5-6-10-23(22)32-28/h2-14,34H,15,17H2,1H3,(H,31,32). The first-order chi connectivity index (χ1) is 18.0. The van der Waals surface area contributed by atoms with E-state index in [0.717, 1.165) is 32.1 Å². The average molecular weight is 507 g/mol. The van der Waals surface area contributed by atoms with Crippen LogP contribution in [0, 0.1) is 18.3 Å². The van der Waals surface area contributed by atoms with E-state index in [2.05, 4.69) is 9.97 Å². The second-order valence-corrected chi connectivity index (χ2v) is 9.40. The van der Waals surface area contributed by atoms with E-state index >= 15 is 0 Å².